The van der Waals surface area contributed by atoms with Crippen LogP contribution in [0.15, 0.2) is 28.8 Å². The van der Waals surface area contributed by atoms with Crippen LogP contribution in [0.5, 0.6) is 0 Å². The summed E-state index contributed by atoms with van der Waals surface area (Å²) in [5.41, 5.74) is 1.15. The minimum absolute atomic E-state index is 0.0271. The maximum Gasteiger partial charge on any atom is 0.223 e. The molecule has 0 radical (unpaired) electrons. The average Bonchev–Trinajstić information content (AvgIpc) is 3.27. The highest BCUT2D eigenvalue weighted by Gasteiger charge is 2.39. The molecule has 0 bridgehead atoms. The highest BCUT2D eigenvalue weighted by molar-refractivity contribution is 5.28. The van der Waals surface area contributed by atoms with Crippen molar-refractivity contribution in [3.63, 3.8) is 0 Å². The summed E-state index contributed by atoms with van der Waals surface area (Å²) in [5.74, 6) is 1.18. The molecule has 1 atom stereocenters. The van der Waals surface area contributed by atoms with Crippen molar-refractivity contribution in [2.24, 2.45) is 0 Å². The Balaban J connectivity index is 1.37. The summed E-state index contributed by atoms with van der Waals surface area (Å²) in [6, 6.07) is 6.94. The molecule has 7 heteroatoms. The first-order valence-electron chi connectivity index (χ1n) is 9.21. The van der Waals surface area contributed by atoms with E-state index < -0.39 is 0 Å². The predicted octanol–water partition coefficient (Wildman–Crippen LogP) is 1.99. The number of piperazine rings is 1. The van der Waals surface area contributed by atoms with Gasteiger partial charge in [-0.05, 0) is 24.1 Å². The number of aromatic nitrogens is 2. The van der Waals surface area contributed by atoms with Crippen molar-refractivity contribution in [3.8, 4) is 0 Å². The van der Waals surface area contributed by atoms with Crippen molar-refractivity contribution in [3.05, 3.63) is 47.4 Å². The Bertz CT molecular complexity index is 719. The van der Waals surface area contributed by atoms with Gasteiger partial charge in [-0.1, -0.05) is 17.3 Å². The van der Waals surface area contributed by atoms with Crippen molar-refractivity contribution in [1.29, 1.82) is 0 Å². The van der Waals surface area contributed by atoms with Gasteiger partial charge in [0, 0.05) is 51.7 Å². The number of halogens is 1. The quantitative estimate of drug-likeness (QED) is 0.813. The maximum absolute atomic E-state index is 13.3. The Morgan fingerprint density at radius 2 is 1.85 bits per heavy atom. The van der Waals surface area contributed by atoms with E-state index in [1.165, 1.54) is 5.56 Å². The first-order valence-corrected chi connectivity index (χ1v) is 9.21. The van der Waals surface area contributed by atoms with E-state index in [2.05, 4.69) is 19.9 Å². The zero-order chi connectivity index (χ0) is 18.0. The third-order valence-electron chi connectivity index (χ3n) is 5.49. The third kappa shape index (κ3) is 3.79. The summed E-state index contributed by atoms with van der Waals surface area (Å²) in [4.78, 5) is 9.14. The van der Waals surface area contributed by atoms with E-state index in [1.54, 1.807) is 12.1 Å². The van der Waals surface area contributed by atoms with Gasteiger partial charge >= 0.3 is 0 Å². The number of rotatable bonds is 5. The summed E-state index contributed by atoms with van der Waals surface area (Å²) < 4.78 is 24.1. The number of hydrogen-bond acceptors (Lipinski definition) is 6. The second-order valence-corrected chi connectivity index (χ2v) is 7.37. The van der Waals surface area contributed by atoms with Crippen LogP contribution in [0.25, 0.3) is 0 Å². The molecule has 0 aliphatic carbocycles. The molecule has 2 aromatic rings. The molecule has 6 nitrogen and oxygen atoms in total. The fraction of sp³-hybridized carbons (Fsp3) is 0.579. The number of nitrogens with zero attached hydrogens (tertiary/aromatic N) is 4. The van der Waals surface area contributed by atoms with E-state index in [9.17, 15) is 4.39 Å². The molecule has 0 spiro atoms. The van der Waals surface area contributed by atoms with Crippen LogP contribution in [0, 0.1) is 12.7 Å². The molecular weight excluding hydrogens is 335 g/mol. The van der Waals surface area contributed by atoms with Crippen LogP contribution >= 0.6 is 0 Å². The van der Waals surface area contributed by atoms with Gasteiger partial charge in [0.05, 0.1) is 13.2 Å². The average molecular weight is 360 g/mol. The highest BCUT2D eigenvalue weighted by Crippen LogP contribution is 2.34. The van der Waals surface area contributed by atoms with E-state index in [4.69, 9.17) is 9.26 Å². The first-order chi connectivity index (χ1) is 12.6. The standard InChI is InChI=1S/C19H25FN4O2/c1-15-21-18(22-26-15)12-23-7-9-24(10-8-23)13-19(6-11-25-14-19)16-2-4-17(20)5-3-16/h2-5H,6-14H2,1H3. The zero-order valence-corrected chi connectivity index (χ0v) is 15.2. The smallest absolute Gasteiger partial charge is 0.223 e. The molecule has 26 heavy (non-hydrogen) atoms. The highest BCUT2D eigenvalue weighted by atomic mass is 19.1. The lowest BCUT2D eigenvalue weighted by molar-refractivity contribution is 0.0941. The Morgan fingerprint density at radius 3 is 2.46 bits per heavy atom. The van der Waals surface area contributed by atoms with E-state index in [-0.39, 0.29) is 11.2 Å². The van der Waals surface area contributed by atoms with Gasteiger partial charge in [0.15, 0.2) is 5.82 Å². The van der Waals surface area contributed by atoms with Gasteiger partial charge in [-0.25, -0.2) is 4.39 Å². The molecule has 3 heterocycles. The van der Waals surface area contributed by atoms with Crippen LogP contribution in [-0.2, 0) is 16.7 Å². The normalized spacial score (nSPS) is 25.0. The van der Waals surface area contributed by atoms with E-state index >= 15 is 0 Å². The first kappa shape index (κ1) is 17.6. The van der Waals surface area contributed by atoms with Crippen LogP contribution in [-0.4, -0.2) is 65.9 Å². The van der Waals surface area contributed by atoms with Gasteiger partial charge in [0.25, 0.3) is 0 Å². The zero-order valence-electron chi connectivity index (χ0n) is 15.2. The second kappa shape index (κ2) is 7.42. The number of aryl methyl sites for hydroxylation is 1. The molecule has 2 saturated heterocycles. The lowest BCUT2D eigenvalue weighted by Gasteiger charge is -2.39. The summed E-state index contributed by atoms with van der Waals surface area (Å²) in [7, 11) is 0. The lowest BCUT2D eigenvalue weighted by atomic mass is 9.79. The molecular formula is C19H25FN4O2. The van der Waals surface area contributed by atoms with E-state index in [0.29, 0.717) is 12.5 Å². The van der Waals surface area contributed by atoms with Crippen molar-refractivity contribution >= 4 is 0 Å². The fourth-order valence-corrected chi connectivity index (χ4v) is 3.99. The molecule has 140 valence electrons. The Kier molecular flexibility index (Phi) is 5.02. The van der Waals surface area contributed by atoms with Gasteiger partial charge < -0.3 is 9.26 Å². The Morgan fingerprint density at radius 1 is 1.12 bits per heavy atom. The summed E-state index contributed by atoms with van der Waals surface area (Å²) in [5, 5.41) is 3.98. The van der Waals surface area contributed by atoms with Crippen LogP contribution in [0.2, 0.25) is 0 Å². The van der Waals surface area contributed by atoms with Gasteiger partial charge in [0.1, 0.15) is 5.82 Å². The summed E-state index contributed by atoms with van der Waals surface area (Å²) in [6.07, 6.45) is 0.987. The molecule has 0 N–H and O–H groups in total. The van der Waals surface area contributed by atoms with Crippen LogP contribution in [0.3, 0.4) is 0 Å². The summed E-state index contributed by atoms with van der Waals surface area (Å²) >= 11 is 0. The van der Waals surface area contributed by atoms with Crippen LogP contribution < -0.4 is 0 Å². The molecule has 2 aliphatic rings. The molecule has 1 unspecified atom stereocenters. The Hall–Kier alpha value is -1.83. The molecule has 0 amide bonds. The fourth-order valence-electron chi connectivity index (χ4n) is 3.99. The largest absolute Gasteiger partial charge is 0.380 e. The molecule has 1 aromatic carbocycles. The van der Waals surface area contributed by atoms with Gasteiger partial charge in [-0.15, -0.1) is 0 Å². The minimum Gasteiger partial charge on any atom is -0.380 e. The second-order valence-electron chi connectivity index (χ2n) is 7.37. The van der Waals surface area contributed by atoms with Crippen molar-refractivity contribution in [2.75, 3.05) is 45.9 Å². The van der Waals surface area contributed by atoms with Crippen molar-refractivity contribution < 1.29 is 13.7 Å². The van der Waals surface area contributed by atoms with Gasteiger partial charge in [-0.3, -0.25) is 9.80 Å². The molecule has 1 aromatic heterocycles. The SMILES string of the molecule is Cc1nc(CN2CCN(CC3(c4ccc(F)cc4)CCOC3)CC2)no1. The lowest BCUT2D eigenvalue weighted by Crippen LogP contribution is -2.51. The van der Waals surface area contributed by atoms with Crippen LogP contribution in [0.1, 0.15) is 23.7 Å². The number of benzene rings is 1. The molecule has 0 saturated carbocycles. The molecule has 4 rings (SSSR count). The Labute approximate surface area is 152 Å². The topological polar surface area (TPSA) is 54.6 Å². The minimum atomic E-state index is -0.187. The number of ether oxygens (including phenoxy) is 1. The summed E-state index contributed by atoms with van der Waals surface area (Å²) in [6.45, 7) is 8.94. The maximum atomic E-state index is 13.3. The van der Waals surface area contributed by atoms with Crippen molar-refractivity contribution in [2.45, 2.75) is 25.3 Å². The van der Waals surface area contributed by atoms with Gasteiger partial charge in [0.2, 0.25) is 5.89 Å². The monoisotopic (exact) mass is 360 g/mol. The van der Waals surface area contributed by atoms with Gasteiger partial charge in [-0.2, -0.15) is 4.98 Å². The van der Waals surface area contributed by atoms with E-state index in [1.807, 2.05) is 19.1 Å². The van der Waals surface area contributed by atoms with Crippen molar-refractivity contribution in [1.82, 2.24) is 19.9 Å². The third-order valence-corrected chi connectivity index (χ3v) is 5.49. The predicted molar refractivity (Wildman–Crippen MR) is 94.3 cm³/mol. The molecule has 2 aliphatic heterocycles. The molecule has 2 fully saturated rings. The number of hydrogen-bond donors (Lipinski definition) is 0. The van der Waals surface area contributed by atoms with E-state index in [0.717, 1.165) is 58.1 Å². The van der Waals surface area contributed by atoms with Crippen LogP contribution in [0.4, 0.5) is 4.39 Å².